The molecule has 6 amide bonds. The molecule has 0 aromatic heterocycles. The van der Waals surface area contributed by atoms with Crippen molar-refractivity contribution in [3.63, 3.8) is 0 Å². The highest BCUT2D eigenvalue weighted by molar-refractivity contribution is 5.99. The second-order valence-corrected chi connectivity index (χ2v) is 16.8. The number of hydrogen-bond donors (Lipinski definition) is 10. The van der Waals surface area contributed by atoms with Crippen molar-refractivity contribution < 1.29 is 39.0 Å². The number of rotatable bonds is 29. The van der Waals surface area contributed by atoms with Gasteiger partial charge in [0.05, 0.1) is 39.3 Å². The van der Waals surface area contributed by atoms with Crippen molar-refractivity contribution in [2.45, 2.75) is 160 Å². The fourth-order valence-electron chi connectivity index (χ4n) is 7.18. The molecule has 0 aliphatic heterocycles. The predicted octanol–water partition coefficient (Wildman–Crippen LogP) is 2.38. The van der Waals surface area contributed by atoms with E-state index in [4.69, 9.17) is 11.5 Å². The maximum atomic E-state index is 13.8. The zero-order valence-electron chi connectivity index (χ0n) is 38.9. The lowest BCUT2D eigenvalue weighted by Gasteiger charge is -2.53. The third-order valence-electron chi connectivity index (χ3n) is 12.9. The molecule has 0 aliphatic carbocycles. The van der Waals surface area contributed by atoms with E-state index in [1.165, 1.54) is 0 Å². The Bertz CT molecular complexity index is 1300. The highest BCUT2D eigenvalue weighted by Crippen LogP contribution is 2.56. The minimum absolute atomic E-state index is 0.00214. The van der Waals surface area contributed by atoms with E-state index >= 15 is 0 Å². The second-order valence-electron chi connectivity index (χ2n) is 16.8. The van der Waals surface area contributed by atoms with Crippen LogP contribution in [0.2, 0.25) is 0 Å². The van der Waals surface area contributed by atoms with Crippen LogP contribution in [-0.4, -0.2) is 110 Å². The Hall–Kier alpha value is -3.34. The molecule has 0 heterocycles. The van der Waals surface area contributed by atoms with Gasteiger partial charge in [0, 0.05) is 45.7 Å². The van der Waals surface area contributed by atoms with E-state index in [-0.39, 0.29) is 42.6 Å². The standard InChI is InChI=1S/C27H53N5O5.C16H33N3O3/c1-8-11-14-21(34)29-17-13-18-31-23(36)26(6,10-3)27(7,24(37)32-19-20(4)33)25(5,9-2)22(35)30-16-12-15-28;1-6-15(4,13(21)18-10-8-9-17)16(5,7-2)14(22)19-11-12(3)20/h20,33H,8-19,28H2,1-7H3,(H,29,34)(H,30,35)(H,31,36)(H,32,37);12,20H,6-11,17H2,1-5H3,(H,18,21)(H,19,22). The summed E-state index contributed by atoms with van der Waals surface area (Å²) in [6.45, 7) is 24.2. The third-order valence-corrected chi connectivity index (χ3v) is 12.9. The Balaban J connectivity index is 0. The monoisotopic (exact) mass is 843 g/mol. The fourth-order valence-corrected chi connectivity index (χ4v) is 7.18. The van der Waals surface area contributed by atoms with E-state index in [1.807, 2.05) is 48.5 Å². The molecule has 0 saturated carbocycles. The number of hydrogen-bond acceptors (Lipinski definition) is 10. The van der Waals surface area contributed by atoms with Crippen LogP contribution in [0.1, 0.15) is 147 Å². The van der Waals surface area contributed by atoms with Gasteiger partial charge >= 0.3 is 0 Å². The van der Waals surface area contributed by atoms with Gasteiger partial charge in [0.25, 0.3) is 0 Å². The zero-order valence-corrected chi connectivity index (χ0v) is 38.9. The average Bonchev–Trinajstić information content (AvgIpc) is 3.21. The SMILES string of the molecule is CCC(C)(C(=O)NCCCN)C(C)(CC)C(=O)NCC(C)O.CCCCC(=O)NCCCNC(=O)C(C)(CC)C(C)(C(=O)NCC(C)O)C(C)(CC)C(=O)NCCCN. The van der Waals surface area contributed by atoms with Gasteiger partial charge in [-0.3, -0.25) is 28.8 Å². The van der Waals surface area contributed by atoms with Gasteiger partial charge in [-0.2, -0.15) is 0 Å². The van der Waals surface area contributed by atoms with Crippen LogP contribution in [0.15, 0.2) is 0 Å². The Morgan fingerprint density at radius 2 is 0.797 bits per heavy atom. The second kappa shape index (κ2) is 28.2. The van der Waals surface area contributed by atoms with Gasteiger partial charge in [-0.05, 0) is 113 Å². The maximum Gasteiger partial charge on any atom is 0.228 e. The van der Waals surface area contributed by atoms with Crippen molar-refractivity contribution in [1.29, 1.82) is 0 Å². The molecule has 59 heavy (non-hydrogen) atoms. The summed E-state index contributed by atoms with van der Waals surface area (Å²) in [5.41, 5.74) is 5.42. The molecule has 346 valence electrons. The van der Waals surface area contributed by atoms with Crippen LogP contribution < -0.4 is 43.4 Å². The highest BCUT2D eigenvalue weighted by Gasteiger charge is 2.65. The lowest BCUT2D eigenvalue weighted by atomic mass is 9.49. The Morgan fingerprint density at radius 1 is 0.475 bits per heavy atom. The number of unbranched alkanes of at least 4 members (excludes halogenated alkanes) is 1. The number of aliphatic hydroxyl groups is 2. The van der Waals surface area contributed by atoms with Crippen LogP contribution in [0.25, 0.3) is 0 Å². The number of carbonyl (C=O) groups excluding carboxylic acids is 6. The summed E-state index contributed by atoms with van der Waals surface area (Å²) < 4.78 is 0. The summed E-state index contributed by atoms with van der Waals surface area (Å²) in [5, 5.41) is 36.2. The van der Waals surface area contributed by atoms with E-state index < -0.39 is 45.2 Å². The van der Waals surface area contributed by atoms with Gasteiger partial charge in [0.15, 0.2) is 0 Å². The number of nitrogens with one attached hydrogen (secondary N) is 6. The molecule has 16 nitrogen and oxygen atoms in total. The van der Waals surface area contributed by atoms with Gasteiger partial charge in [-0.1, -0.05) is 41.0 Å². The first-order valence-electron chi connectivity index (χ1n) is 22.0. The number of carbonyl (C=O) groups is 6. The number of nitrogens with two attached hydrogens (primary N) is 2. The predicted molar refractivity (Wildman–Crippen MR) is 235 cm³/mol. The minimum Gasteiger partial charge on any atom is -0.392 e. The Kier molecular flexibility index (Phi) is 27.6. The molecule has 0 bridgehead atoms. The largest absolute Gasteiger partial charge is 0.392 e. The third kappa shape index (κ3) is 15.9. The van der Waals surface area contributed by atoms with E-state index in [0.717, 1.165) is 12.8 Å². The first-order valence-corrected chi connectivity index (χ1v) is 22.0. The quantitative estimate of drug-likeness (QED) is 0.0492. The van der Waals surface area contributed by atoms with Crippen molar-refractivity contribution >= 4 is 35.4 Å². The van der Waals surface area contributed by atoms with Crippen LogP contribution in [0.4, 0.5) is 0 Å². The van der Waals surface area contributed by atoms with E-state index in [0.29, 0.717) is 90.6 Å². The summed E-state index contributed by atoms with van der Waals surface area (Å²) in [6.07, 6.45) is 4.42. The number of amides is 6. The molecule has 12 N–H and O–H groups in total. The first kappa shape index (κ1) is 57.8. The van der Waals surface area contributed by atoms with Crippen LogP contribution >= 0.6 is 0 Å². The molecular weight excluding hydrogens is 757 g/mol. The van der Waals surface area contributed by atoms with Crippen molar-refractivity contribution in [2.75, 3.05) is 52.4 Å². The van der Waals surface area contributed by atoms with Gasteiger partial charge in [0.2, 0.25) is 35.4 Å². The van der Waals surface area contributed by atoms with Crippen molar-refractivity contribution in [3.8, 4) is 0 Å². The summed E-state index contributed by atoms with van der Waals surface area (Å²) in [5.74, 6) is -1.45. The van der Waals surface area contributed by atoms with Crippen molar-refractivity contribution in [1.82, 2.24) is 31.9 Å². The number of aliphatic hydroxyl groups excluding tert-OH is 2. The smallest absolute Gasteiger partial charge is 0.228 e. The van der Waals surface area contributed by atoms with E-state index in [2.05, 4.69) is 31.9 Å². The topological polar surface area (TPSA) is 267 Å². The van der Waals surface area contributed by atoms with Gasteiger partial charge in [-0.25, -0.2) is 0 Å². The molecule has 0 aromatic rings. The van der Waals surface area contributed by atoms with Crippen LogP contribution in [0.5, 0.6) is 0 Å². The maximum absolute atomic E-state index is 13.8. The summed E-state index contributed by atoms with van der Waals surface area (Å²) in [4.78, 5) is 78.1. The minimum atomic E-state index is -1.45. The van der Waals surface area contributed by atoms with Gasteiger partial charge in [0.1, 0.15) is 0 Å². The van der Waals surface area contributed by atoms with Crippen LogP contribution in [-0.2, 0) is 28.8 Å². The molecule has 0 aromatic carbocycles. The van der Waals surface area contributed by atoms with E-state index in [9.17, 15) is 39.0 Å². The molecule has 0 radical (unpaired) electrons. The van der Waals surface area contributed by atoms with Crippen LogP contribution in [0.3, 0.4) is 0 Å². The molecule has 0 fully saturated rings. The lowest BCUT2D eigenvalue weighted by Crippen LogP contribution is -2.66. The molecule has 0 aliphatic rings. The average molecular weight is 843 g/mol. The zero-order chi connectivity index (χ0) is 46.1. The van der Waals surface area contributed by atoms with Gasteiger partial charge in [-0.15, -0.1) is 0 Å². The summed E-state index contributed by atoms with van der Waals surface area (Å²) in [6, 6.07) is 0. The van der Waals surface area contributed by atoms with Gasteiger partial charge < -0.3 is 53.6 Å². The molecular formula is C43H86N8O8. The summed E-state index contributed by atoms with van der Waals surface area (Å²) >= 11 is 0. The molecule has 16 heteroatoms. The first-order chi connectivity index (χ1) is 27.5. The van der Waals surface area contributed by atoms with E-state index in [1.54, 1.807) is 34.6 Å². The molecule has 0 rings (SSSR count). The summed E-state index contributed by atoms with van der Waals surface area (Å²) in [7, 11) is 0. The Labute approximate surface area is 356 Å². The van der Waals surface area contributed by atoms with Crippen molar-refractivity contribution in [3.05, 3.63) is 0 Å². The molecule has 0 spiro atoms. The molecule has 7 atom stereocenters. The van der Waals surface area contributed by atoms with Crippen molar-refractivity contribution in [2.24, 2.45) is 38.5 Å². The highest BCUT2D eigenvalue weighted by atomic mass is 16.3. The molecule has 7 unspecified atom stereocenters. The van der Waals surface area contributed by atoms with Crippen LogP contribution in [0, 0.1) is 27.1 Å². The Morgan fingerprint density at radius 3 is 1.14 bits per heavy atom. The molecule has 0 saturated heterocycles. The normalized spacial score (nSPS) is 17.3. The fraction of sp³-hybridized carbons (Fsp3) is 0.860. The lowest BCUT2D eigenvalue weighted by molar-refractivity contribution is -0.170.